The van der Waals surface area contributed by atoms with E-state index in [9.17, 15) is 13.5 Å². The zero-order valence-corrected chi connectivity index (χ0v) is 10.7. The minimum Gasteiger partial charge on any atom is -0.393 e. The Labute approximate surface area is 97.9 Å². The van der Waals surface area contributed by atoms with E-state index >= 15 is 0 Å². The lowest BCUT2D eigenvalue weighted by Gasteiger charge is -2.24. The summed E-state index contributed by atoms with van der Waals surface area (Å²) in [5.41, 5.74) is 0. The zero-order valence-electron chi connectivity index (χ0n) is 9.89. The quantitative estimate of drug-likeness (QED) is 0.767. The van der Waals surface area contributed by atoms with E-state index in [4.69, 9.17) is 4.74 Å². The van der Waals surface area contributed by atoms with Crippen molar-refractivity contribution in [3.05, 3.63) is 0 Å². The summed E-state index contributed by atoms with van der Waals surface area (Å²) < 4.78 is 27.3. The van der Waals surface area contributed by atoms with E-state index < -0.39 is 15.9 Å². The summed E-state index contributed by atoms with van der Waals surface area (Å²) in [6, 6.07) is 0. The van der Waals surface area contributed by atoms with Crippen LogP contribution in [0.25, 0.3) is 0 Å². The molecule has 5 heteroatoms. The summed E-state index contributed by atoms with van der Waals surface area (Å²) in [6.45, 7) is 0.792. The standard InChI is InChI=1S/C11H22O4S/c1-16(13,14)8-4-5-10(12)9-11-6-2-3-7-15-11/h10-12H,2-9H2,1H3. The van der Waals surface area contributed by atoms with Gasteiger partial charge < -0.3 is 9.84 Å². The van der Waals surface area contributed by atoms with Crippen LogP contribution in [0.2, 0.25) is 0 Å². The Hall–Kier alpha value is -0.130. The largest absolute Gasteiger partial charge is 0.393 e. The average Bonchev–Trinajstić information content (AvgIpc) is 2.17. The topological polar surface area (TPSA) is 63.6 Å². The van der Waals surface area contributed by atoms with Gasteiger partial charge in [0.05, 0.1) is 12.2 Å². The molecule has 1 aliphatic heterocycles. The van der Waals surface area contributed by atoms with E-state index in [-0.39, 0.29) is 11.9 Å². The van der Waals surface area contributed by atoms with Gasteiger partial charge in [0, 0.05) is 18.6 Å². The Bertz CT molecular complexity index is 280. The number of aliphatic hydroxyl groups excluding tert-OH is 1. The van der Waals surface area contributed by atoms with Crippen LogP contribution in [-0.4, -0.2) is 44.3 Å². The molecule has 0 aromatic rings. The molecule has 0 bridgehead atoms. The van der Waals surface area contributed by atoms with Crippen molar-refractivity contribution < 1.29 is 18.3 Å². The molecule has 96 valence electrons. The van der Waals surface area contributed by atoms with Crippen LogP contribution in [0, 0.1) is 0 Å². The fourth-order valence-corrected chi connectivity index (χ4v) is 2.69. The third-order valence-corrected chi connectivity index (χ3v) is 3.89. The highest BCUT2D eigenvalue weighted by atomic mass is 32.2. The summed E-state index contributed by atoms with van der Waals surface area (Å²) in [6.07, 6.45) is 5.99. The van der Waals surface area contributed by atoms with Crippen molar-refractivity contribution in [3.8, 4) is 0 Å². The second kappa shape index (κ2) is 6.57. The first kappa shape index (κ1) is 13.9. The molecule has 4 nitrogen and oxygen atoms in total. The van der Waals surface area contributed by atoms with Crippen molar-refractivity contribution in [2.24, 2.45) is 0 Å². The van der Waals surface area contributed by atoms with Crippen LogP contribution in [0.3, 0.4) is 0 Å². The second-order valence-corrected chi connectivity index (χ2v) is 6.91. The summed E-state index contributed by atoms with van der Waals surface area (Å²) in [5.74, 6) is 0.162. The van der Waals surface area contributed by atoms with E-state index in [0.717, 1.165) is 19.4 Å². The zero-order chi connectivity index (χ0) is 12.0. The third-order valence-electron chi connectivity index (χ3n) is 2.86. The Kier molecular flexibility index (Phi) is 5.72. The number of rotatable bonds is 6. The maximum absolute atomic E-state index is 10.9. The highest BCUT2D eigenvalue weighted by molar-refractivity contribution is 7.90. The molecule has 1 aliphatic rings. The number of hydrogen-bond acceptors (Lipinski definition) is 4. The molecule has 1 saturated heterocycles. The maximum atomic E-state index is 10.9. The van der Waals surface area contributed by atoms with Gasteiger partial charge in [-0.2, -0.15) is 0 Å². The second-order valence-electron chi connectivity index (χ2n) is 4.65. The van der Waals surface area contributed by atoms with Crippen molar-refractivity contribution in [2.45, 2.75) is 50.7 Å². The number of hydrogen-bond donors (Lipinski definition) is 1. The Morgan fingerprint density at radius 3 is 2.75 bits per heavy atom. The van der Waals surface area contributed by atoms with Crippen LogP contribution >= 0.6 is 0 Å². The van der Waals surface area contributed by atoms with Gasteiger partial charge >= 0.3 is 0 Å². The van der Waals surface area contributed by atoms with Gasteiger partial charge in [0.25, 0.3) is 0 Å². The van der Waals surface area contributed by atoms with Crippen LogP contribution in [0.4, 0.5) is 0 Å². The Morgan fingerprint density at radius 1 is 1.44 bits per heavy atom. The first-order valence-electron chi connectivity index (χ1n) is 5.95. The molecule has 0 radical (unpaired) electrons. The summed E-state index contributed by atoms with van der Waals surface area (Å²) in [4.78, 5) is 0. The van der Waals surface area contributed by atoms with Gasteiger partial charge in [0.1, 0.15) is 9.84 Å². The molecule has 0 saturated carbocycles. The van der Waals surface area contributed by atoms with E-state index in [1.165, 1.54) is 12.7 Å². The molecule has 0 aliphatic carbocycles. The minimum absolute atomic E-state index is 0.162. The van der Waals surface area contributed by atoms with Gasteiger partial charge in [0.2, 0.25) is 0 Å². The summed E-state index contributed by atoms with van der Waals surface area (Å²) in [5, 5.41) is 9.72. The maximum Gasteiger partial charge on any atom is 0.147 e. The van der Waals surface area contributed by atoms with E-state index in [1.54, 1.807) is 0 Å². The molecule has 1 fully saturated rings. The first-order valence-corrected chi connectivity index (χ1v) is 8.01. The first-order chi connectivity index (χ1) is 7.47. The molecule has 0 aromatic heterocycles. The van der Waals surface area contributed by atoms with Crippen molar-refractivity contribution in [1.29, 1.82) is 0 Å². The van der Waals surface area contributed by atoms with Crippen LogP contribution in [0.5, 0.6) is 0 Å². The number of sulfone groups is 1. The predicted molar refractivity (Wildman–Crippen MR) is 63.2 cm³/mol. The van der Waals surface area contributed by atoms with E-state index in [0.29, 0.717) is 19.3 Å². The molecule has 2 unspecified atom stereocenters. The molecule has 0 amide bonds. The summed E-state index contributed by atoms with van der Waals surface area (Å²) in [7, 11) is -2.90. The highest BCUT2D eigenvalue weighted by Crippen LogP contribution is 2.18. The summed E-state index contributed by atoms with van der Waals surface area (Å²) >= 11 is 0. The minimum atomic E-state index is -2.90. The fourth-order valence-electron chi connectivity index (χ4n) is 2.00. The monoisotopic (exact) mass is 250 g/mol. The molecule has 1 heterocycles. The van der Waals surface area contributed by atoms with Crippen LogP contribution in [-0.2, 0) is 14.6 Å². The number of ether oxygens (including phenoxy) is 1. The smallest absolute Gasteiger partial charge is 0.147 e. The van der Waals surface area contributed by atoms with Crippen LogP contribution < -0.4 is 0 Å². The SMILES string of the molecule is CS(=O)(=O)CCCC(O)CC1CCCCO1. The molecule has 1 N–H and O–H groups in total. The van der Waals surface area contributed by atoms with Gasteiger partial charge in [-0.05, 0) is 38.5 Å². The van der Waals surface area contributed by atoms with E-state index in [1.807, 2.05) is 0 Å². The molecular formula is C11H22O4S. The lowest BCUT2D eigenvalue weighted by Crippen LogP contribution is -2.25. The third kappa shape index (κ3) is 6.45. The van der Waals surface area contributed by atoms with Crippen LogP contribution in [0.15, 0.2) is 0 Å². The Morgan fingerprint density at radius 2 is 2.19 bits per heavy atom. The van der Waals surface area contributed by atoms with Gasteiger partial charge in [-0.25, -0.2) is 8.42 Å². The molecular weight excluding hydrogens is 228 g/mol. The van der Waals surface area contributed by atoms with Gasteiger partial charge in [0.15, 0.2) is 0 Å². The molecule has 0 spiro atoms. The van der Waals surface area contributed by atoms with Gasteiger partial charge in [-0.1, -0.05) is 0 Å². The fraction of sp³-hybridized carbons (Fsp3) is 1.00. The molecule has 2 atom stereocenters. The lowest BCUT2D eigenvalue weighted by atomic mass is 10.0. The predicted octanol–water partition coefficient (Wildman–Crippen LogP) is 1.13. The normalized spacial score (nSPS) is 24.2. The van der Waals surface area contributed by atoms with Crippen molar-refractivity contribution in [2.75, 3.05) is 18.6 Å². The molecule has 16 heavy (non-hydrogen) atoms. The molecule has 0 aromatic carbocycles. The number of aliphatic hydroxyl groups is 1. The van der Waals surface area contributed by atoms with Crippen molar-refractivity contribution >= 4 is 9.84 Å². The van der Waals surface area contributed by atoms with E-state index in [2.05, 4.69) is 0 Å². The van der Waals surface area contributed by atoms with Crippen molar-refractivity contribution in [1.82, 2.24) is 0 Å². The van der Waals surface area contributed by atoms with Crippen LogP contribution in [0.1, 0.15) is 38.5 Å². The van der Waals surface area contributed by atoms with Gasteiger partial charge in [-0.3, -0.25) is 0 Å². The highest BCUT2D eigenvalue weighted by Gasteiger charge is 2.18. The molecule has 1 rings (SSSR count). The van der Waals surface area contributed by atoms with Gasteiger partial charge in [-0.15, -0.1) is 0 Å². The lowest BCUT2D eigenvalue weighted by molar-refractivity contribution is -0.0164. The average molecular weight is 250 g/mol. The van der Waals surface area contributed by atoms with Crippen molar-refractivity contribution in [3.63, 3.8) is 0 Å². The Balaban J connectivity index is 2.12.